The fraction of sp³-hybridized carbons (Fsp3) is 0.211. The number of rotatable bonds is 12. The Morgan fingerprint density at radius 1 is 0.583 bits per heavy atom. The summed E-state index contributed by atoms with van der Waals surface area (Å²) in [7, 11) is -7.86. The molecule has 0 saturated carbocycles. The Labute approximate surface area is 366 Å². The zero-order chi connectivity index (χ0) is 42.6. The van der Waals surface area contributed by atoms with Crippen molar-refractivity contribution >= 4 is 123 Å². The van der Waals surface area contributed by atoms with E-state index in [1.54, 1.807) is 13.8 Å². The number of anilines is 2. The van der Waals surface area contributed by atoms with Crippen molar-refractivity contribution in [3.63, 3.8) is 0 Å². The highest BCUT2D eigenvalue weighted by atomic mass is 32.2. The molecule has 1 saturated heterocycles. The predicted octanol–water partition coefficient (Wildman–Crippen LogP) is 8.48. The maximum Gasteiger partial charge on any atom is 0.243 e. The van der Waals surface area contributed by atoms with Gasteiger partial charge < -0.3 is 0 Å². The first kappa shape index (κ1) is 43.2. The van der Waals surface area contributed by atoms with Crippen LogP contribution in [0.1, 0.15) is 13.8 Å². The molecule has 4 aromatic rings. The van der Waals surface area contributed by atoms with Gasteiger partial charge in [-0.25, -0.2) is 26.9 Å². The van der Waals surface area contributed by atoms with Crippen molar-refractivity contribution in [3.8, 4) is 0 Å². The molecule has 1 fully saturated rings. The van der Waals surface area contributed by atoms with E-state index < -0.39 is 31.9 Å². The molecule has 0 aromatic heterocycles. The van der Waals surface area contributed by atoms with Gasteiger partial charge in [0.15, 0.2) is 0 Å². The molecule has 0 aliphatic carbocycles. The number of para-hydroxylation sites is 2. The van der Waals surface area contributed by atoms with Gasteiger partial charge in [0.2, 0.25) is 20.0 Å². The van der Waals surface area contributed by atoms with E-state index >= 15 is 0 Å². The summed E-state index contributed by atoms with van der Waals surface area (Å²) in [6.45, 7) is 3.47. The fourth-order valence-electron chi connectivity index (χ4n) is 6.41. The molecule has 7 rings (SSSR count). The predicted molar refractivity (Wildman–Crippen MR) is 246 cm³/mol. The Morgan fingerprint density at radius 2 is 0.917 bits per heavy atom. The highest BCUT2D eigenvalue weighted by Crippen LogP contribution is 2.32. The van der Waals surface area contributed by atoms with Gasteiger partial charge in [-0.15, -0.1) is 19.3 Å². The molecule has 0 bridgehead atoms. The molecule has 0 amide bonds. The van der Waals surface area contributed by atoms with E-state index in [9.17, 15) is 16.8 Å². The lowest BCUT2D eigenvalue weighted by molar-refractivity contribution is 0.273. The quantitative estimate of drug-likeness (QED) is 0.0788. The van der Waals surface area contributed by atoms with Crippen LogP contribution in [-0.2, 0) is 20.0 Å². The van der Waals surface area contributed by atoms with Gasteiger partial charge in [0.1, 0.15) is 23.5 Å². The normalized spacial score (nSPS) is 19.4. The summed E-state index contributed by atoms with van der Waals surface area (Å²) in [6, 6.07) is 30.5. The number of benzene rings is 4. The number of sulfonamides is 2. The molecule has 3 aliphatic rings. The van der Waals surface area contributed by atoms with Crippen LogP contribution in [0.2, 0.25) is 0 Å². The van der Waals surface area contributed by atoms with Gasteiger partial charge in [-0.1, -0.05) is 60.8 Å². The van der Waals surface area contributed by atoms with Crippen LogP contribution in [0.4, 0.5) is 22.7 Å². The van der Waals surface area contributed by atoms with Crippen LogP contribution in [0, 0.1) is 22.7 Å². The molecule has 3 heterocycles. The summed E-state index contributed by atoms with van der Waals surface area (Å²) in [6.07, 6.45) is 0. The fourth-order valence-corrected chi connectivity index (χ4v) is 11.2. The summed E-state index contributed by atoms with van der Waals surface area (Å²) in [5.41, 5.74) is 3.65. The van der Waals surface area contributed by atoms with E-state index in [4.69, 9.17) is 35.3 Å². The number of nitrogens with one attached hydrogen (secondary N) is 2. The Kier molecular flexibility index (Phi) is 13.2. The van der Waals surface area contributed by atoms with E-state index in [-0.39, 0.29) is 47.6 Å². The monoisotopic (exact) mass is 916 g/mol. The Bertz CT molecular complexity index is 2470. The Hall–Kier alpha value is -4.94. The maximum atomic E-state index is 13.5. The van der Waals surface area contributed by atoms with Gasteiger partial charge in [0.05, 0.1) is 52.4 Å². The van der Waals surface area contributed by atoms with Gasteiger partial charge in [-0.05, 0) is 86.6 Å². The van der Waals surface area contributed by atoms with Crippen LogP contribution < -0.4 is 10.0 Å². The third-order valence-corrected chi connectivity index (χ3v) is 15.5. The van der Waals surface area contributed by atoms with Crippen molar-refractivity contribution in [1.29, 1.82) is 10.8 Å². The minimum absolute atomic E-state index is 0.0348. The van der Waals surface area contributed by atoms with Crippen LogP contribution in [0.5, 0.6) is 0 Å². The lowest BCUT2D eigenvalue weighted by Gasteiger charge is -2.33. The molecule has 2 unspecified atom stereocenters. The van der Waals surface area contributed by atoms with Crippen molar-refractivity contribution in [2.75, 3.05) is 36.2 Å². The molecular formula is C38H36N12O4S6. The van der Waals surface area contributed by atoms with Crippen molar-refractivity contribution in [2.45, 2.75) is 23.6 Å². The van der Waals surface area contributed by atoms with Gasteiger partial charge in [-0.3, -0.25) is 10.8 Å². The molecule has 2 N–H and O–H groups in total. The Morgan fingerprint density at radius 3 is 1.25 bits per heavy atom. The maximum absolute atomic E-state index is 13.5. The number of amidine groups is 2. The van der Waals surface area contributed by atoms with E-state index in [0.717, 1.165) is 35.3 Å². The van der Waals surface area contributed by atoms with Crippen molar-refractivity contribution in [1.82, 2.24) is 8.61 Å². The molecule has 308 valence electrons. The molecule has 4 aromatic carbocycles. The third kappa shape index (κ3) is 9.19. The summed E-state index contributed by atoms with van der Waals surface area (Å²) >= 11 is 13.0. The number of nitrogens with zero attached hydrogens (tertiary/aromatic N) is 10. The second-order valence-electron chi connectivity index (χ2n) is 13.4. The van der Waals surface area contributed by atoms with Gasteiger partial charge in [-0.2, -0.15) is 18.8 Å². The summed E-state index contributed by atoms with van der Waals surface area (Å²) < 4.78 is 65.6. The van der Waals surface area contributed by atoms with Gasteiger partial charge in [0.25, 0.3) is 0 Å². The lowest BCUT2D eigenvalue weighted by Crippen LogP contribution is -2.50. The second-order valence-corrected chi connectivity index (χ2v) is 20.2. The summed E-state index contributed by atoms with van der Waals surface area (Å²) in [5.74, 6) is -0.592. The zero-order valence-electron chi connectivity index (χ0n) is 31.9. The largest absolute Gasteiger partial charge is 0.286 e. The highest BCUT2D eigenvalue weighted by Gasteiger charge is 2.37. The minimum atomic E-state index is -3.93. The van der Waals surface area contributed by atoms with Crippen LogP contribution >= 0.6 is 48.3 Å². The molecule has 22 heteroatoms. The van der Waals surface area contributed by atoms with Crippen molar-refractivity contribution in [2.24, 2.45) is 41.3 Å². The first-order valence-corrected chi connectivity index (χ1v) is 23.4. The van der Waals surface area contributed by atoms with Crippen LogP contribution in [0.25, 0.3) is 0 Å². The standard InChI is InChI=1S/C38H36N12O4S6/c1-25-33(35(39)49(43-25)29-9-5-3-6-10-29)37(55)57-45-41-27-13-17-31(18-14-27)59(51,52)47-21-23-48(24-22-47)60(53,54)32-19-15-28(16-20-32)42-46-58-38(56)34-26(2)44-50(36(34)40)30-11-7-4-8-12-30/h3-20,33-34,39-40H,21-24H2,1-2H3. The van der Waals surface area contributed by atoms with E-state index in [0.29, 0.717) is 31.2 Å². The Balaban J connectivity index is 0.886. The molecule has 16 nitrogen and oxygen atoms in total. The third-order valence-electron chi connectivity index (χ3n) is 9.55. The van der Waals surface area contributed by atoms with E-state index in [1.165, 1.54) is 67.2 Å². The number of hydrogen-bond acceptors (Lipinski definition) is 16. The van der Waals surface area contributed by atoms with Crippen LogP contribution in [0.3, 0.4) is 0 Å². The smallest absolute Gasteiger partial charge is 0.243 e. The molecule has 3 aliphatic heterocycles. The van der Waals surface area contributed by atoms with E-state index in [2.05, 4.69) is 29.5 Å². The average molecular weight is 917 g/mol. The first-order valence-electron chi connectivity index (χ1n) is 18.2. The van der Waals surface area contributed by atoms with Crippen LogP contribution in [-0.4, -0.2) is 83.1 Å². The summed E-state index contributed by atoms with van der Waals surface area (Å²) in [5, 5.41) is 37.6. The number of piperazine rings is 1. The molecule has 2 atom stereocenters. The molecular weight excluding hydrogens is 881 g/mol. The highest BCUT2D eigenvalue weighted by molar-refractivity contribution is 8.22. The molecule has 0 radical (unpaired) electrons. The van der Waals surface area contributed by atoms with Crippen LogP contribution in [0.15, 0.2) is 148 Å². The minimum Gasteiger partial charge on any atom is -0.286 e. The topological polar surface area (TPSA) is 203 Å². The molecule has 0 spiro atoms. The lowest BCUT2D eigenvalue weighted by atomic mass is 10.1. The summed E-state index contributed by atoms with van der Waals surface area (Å²) in [4.78, 5) is 0.0755. The van der Waals surface area contributed by atoms with E-state index in [1.807, 2.05) is 60.7 Å². The number of hydrazone groups is 2. The second kappa shape index (κ2) is 18.4. The SMILES string of the molecule is CC1=NN(c2ccccc2)C(=N)C1C(=S)SN=Nc1ccc(S(=O)(=O)N2CCN(S(=O)(=O)c3ccc(N=NSC(=S)C4C(=N)N(c5ccccc5)N=C4C)cc3)CC2)cc1. The van der Waals surface area contributed by atoms with Crippen molar-refractivity contribution in [3.05, 3.63) is 109 Å². The first-order chi connectivity index (χ1) is 28.8. The zero-order valence-corrected chi connectivity index (χ0v) is 36.8. The number of thiocarbonyl (C=S) groups is 2. The molecule has 60 heavy (non-hydrogen) atoms. The van der Waals surface area contributed by atoms with Gasteiger partial charge >= 0.3 is 0 Å². The number of hydrogen-bond donors (Lipinski definition) is 2. The van der Waals surface area contributed by atoms with Gasteiger partial charge in [0, 0.05) is 50.1 Å². The van der Waals surface area contributed by atoms with Crippen molar-refractivity contribution < 1.29 is 16.8 Å². The average Bonchev–Trinajstić information content (AvgIpc) is 3.73.